The minimum Gasteiger partial charge on any atom is -0.497 e. The van der Waals surface area contributed by atoms with Gasteiger partial charge in [0, 0.05) is 24.7 Å². The number of aliphatic hydroxyl groups is 5. The number of fused-ring (bicyclic) bond motifs is 1. The van der Waals surface area contributed by atoms with Crippen molar-refractivity contribution in [3.05, 3.63) is 100 Å². The van der Waals surface area contributed by atoms with Crippen LogP contribution in [0.25, 0.3) is 11.1 Å². The minimum absolute atomic E-state index is 0.138. The van der Waals surface area contributed by atoms with Crippen LogP contribution in [-0.4, -0.2) is 83.4 Å². The Morgan fingerprint density at radius 3 is 2.31 bits per heavy atom. The molecule has 1 aliphatic rings. The van der Waals surface area contributed by atoms with Crippen LogP contribution in [0.15, 0.2) is 72.8 Å². The number of nitrogens with one attached hydrogen (secondary N) is 1. The van der Waals surface area contributed by atoms with E-state index in [0.29, 0.717) is 41.0 Å². The number of halogens is 1. The second kappa shape index (κ2) is 17.0. The van der Waals surface area contributed by atoms with Crippen LogP contribution in [0.4, 0.5) is 0 Å². The summed E-state index contributed by atoms with van der Waals surface area (Å²) in [7, 11) is 1.59. The van der Waals surface area contributed by atoms with Crippen molar-refractivity contribution in [3.63, 3.8) is 0 Å². The molecule has 49 heavy (non-hydrogen) atoms. The zero-order valence-electron chi connectivity index (χ0n) is 27.3. The van der Waals surface area contributed by atoms with Gasteiger partial charge in [0.15, 0.2) is 11.5 Å². The molecule has 0 fully saturated rings. The van der Waals surface area contributed by atoms with E-state index >= 15 is 0 Å². The molecule has 1 heterocycles. The lowest BCUT2D eigenvalue weighted by Crippen LogP contribution is -2.48. The molecule has 4 aromatic carbocycles. The Morgan fingerprint density at radius 2 is 1.53 bits per heavy atom. The molecule has 4 atom stereocenters. The van der Waals surface area contributed by atoms with Gasteiger partial charge in [0.2, 0.25) is 0 Å². The molecule has 0 bridgehead atoms. The monoisotopic (exact) mass is 695 g/mol. The second-order valence-corrected chi connectivity index (χ2v) is 12.1. The molecular weight excluding hydrogens is 654 g/mol. The highest BCUT2D eigenvalue weighted by molar-refractivity contribution is 6.32. The highest BCUT2D eigenvalue weighted by Gasteiger charge is 2.29. The van der Waals surface area contributed by atoms with E-state index < -0.39 is 31.0 Å². The quantitative estimate of drug-likeness (QED) is 0.101. The average Bonchev–Trinajstić information content (AvgIpc) is 3.13. The van der Waals surface area contributed by atoms with E-state index in [9.17, 15) is 20.4 Å². The van der Waals surface area contributed by atoms with Crippen LogP contribution in [0, 0.1) is 6.92 Å². The van der Waals surface area contributed by atoms with Gasteiger partial charge in [-0.25, -0.2) is 0 Å². The standard InChI is InChI=1S/C37H42ClNO10/c1-22-25(6-4-8-28(22)24-9-10-32-35(15-24)47-12-11-46-32)21-49-34-16-33(48-20-23-5-3-7-27(13-23)45-2)26(14-29(34)38)17-39-18-30(41)36(43)37(44)31(42)19-40/h3-10,13-16,30-31,36-37,39-44H,11-12,17-21H2,1-2H3. The molecule has 0 saturated carbocycles. The van der Waals surface area contributed by atoms with E-state index in [1.165, 1.54) is 0 Å². The molecule has 0 saturated heterocycles. The first kappa shape index (κ1) is 36.2. The third kappa shape index (κ3) is 9.14. The third-order valence-electron chi connectivity index (χ3n) is 8.32. The van der Waals surface area contributed by atoms with Gasteiger partial charge in [-0.2, -0.15) is 0 Å². The Hall–Kier alpha value is -4.07. The van der Waals surface area contributed by atoms with Crippen LogP contribution < -0.4 is 29.0 Å². The molecular formula is C37H42ClNO10. The fraction of sp³-hybridized carbons (Fsp3) is 0.351. The van der Waals surface area contributed by atoms with E-state index in [1.54, 1.807) is 19.2 Å². The lowest BCUT2D eigenvalue weighted by molar-refractivity contribution is -0.114. The molecule has 1 aliphatic heterocycles. The second-order valence-electron chi connectivity index (χ2n) is 11.7. The van der Waals surface area contributed by atoms with Crippen molar-refractivity contribution < 1.29 is 49.2 Å². The normalized spacial score (nSPS) is 14.9. The third-order valence-corrected chi connectivity index (χ3v) is 8.62. The van der Waals surface area contributed by atoms with Crippen molar-refractivity contribution in [2.24, 2.45) is 0 Å². The number of rotatable bonds is 16. The molecule has 11 nitrogen and oxygen atoms in total. The summed E-state index contributed by atoms with van der Waals surface area (Å²) in [5.74, 6) is 3.03. The molecule has 262 valence electrons. The number of ether oxygens (including phenoxy) is 5. The Bertz CT molecular complexity index is 1700. The molecule has 0 aromatic heterocycles. The van der Waals surface area contributed by atoms with E-state index in [0.717, 1.165) is 39.3 Å². The summed E-state index contributed by atoms with van der Waals surface area (Å²) in [4.78, 5) is 0. The molecule has 4 aromatic rings. The van der Waals surface area contributed by atoms with Gasteiger partial charge < -0.3 is 54.5 Å². The first-order chi connectivity index (χ1) is 23.7. The Balaban J connectivity index is 1.32. The highest BCUT2D eigenvalue weighted by atomic mass is 35.5. The van der Waals surface area contributed by atoms with Crippen LogP contribution in [0.2, 0.25) is 5.02 Å². The van der Waals surface area contributed by atoms with Gasteiger partial charge in [-0.15, -0.1) is 0 Å². The molecule has 0 aliphatic carbocycles. The fourth-order valence-electron chi connectivity index (χ4n) is 5.44. The van der Waals surface area contributed by atoms with Gasteiger partial charge in [-0.1, -0.05) is 48.0 Å². The van der Waals surface area contributed by atoms with E-state index in [2.05, 4.69) is 11.4 Å². The highest BCUT2D eigenvalue weighted by Crippen LogP contribution is 2.37. The Labute approximate surface area is 290 Å². The first-order valence-corrected chi connectivity index (χ1v) is 16.3. The van der Waals surface area contributed by atoms with Crippen LogP contribution >= 0.6 is 11.6 Å². The smallest absolute Gasteiger partial charge is 0.161 e. The van der Waals surface area contributed by atoms with Crippen molar-refractivity contribution in [3.8, 4) is 39.9 Å². The summed E-state index contributed by atoms with van der Waals surface area (Å²) in [5.41, 5.74) is 5.58. The van der Waals surface area contributed by atoms with Crippen LogP contribution in [0.3, 0.4) is 0 Å². The summed E-state index contributed by atoms with van der Waals surface area (Å²) in [6, 6.07) is 22.8. The van der Waals surface area contributed by atoms with Crippen molar-refractivity contribution in [2.45, 2.75) is 51.1 Å². The largest absolute Gasteiger partial charge is 0.497 e. The van der Waals surface area contributed by atoms with Crippen molar-refractivity contribution in [2.75, 3.05) is 33.5 Å². The summed E-state index contributed by atoms with van der Waals surface area (Å²) in [6.45, 7) is 2.81. The van der Waals surface area contributed by atoms with Crippen molar-refractivity contribution >= 4 is 11.6 Å². The Kier molecular flexibility index (Phi) is 12.6. The summed E-state index contributed by atoms with van der Waals surface area (Å²) < 4.78 is 29.3. The maximum Gasteiger partial charge on any atom is 0.161 e. The molecule has 4 unspecified atom stereocenters. The SMILES string of the molecule is COc1cccc(COc2cc(OCc3cccc(-c4ccc5c(c4)OCCO5)c3C)c(Cl)cc2CNCC(O)C(O)C(O)C(O)CO)c1. The Morgan fingerprint density at radius 1 is 0.796 bits per heavy atom. The van der Waals surface area contributed by atoms with Crippen LogP contribution in [-0.2, 0) is 19.8 Å². The summed E-state index contributed by atoms with van der Waals surface area (Å²) >= 11 is 6.72. The first-order valence-electron chi connectivity index (χ1n) is 15.9. The molecule has 6 N–H and O–H groups in total. The van der Waals surface area contributed by atoms with Gasteiger partial charge in [-0.3, -0.25) is 0 Å². The van der Waals surface area contributed by atoms with Gasteiger partial charge in [-0.05, 0) is 65.1 Å². The molecule has 12 heteroatoms. The number of hydrogen-bond donors (Lipinski definition) is 6. The average molecular weight is 696 g/mol. The number of benzene rings is 4. The van der Waals surface area contributed by atoms with Crippen LogP contribution in [0.1, 0.15) is 22.3 Å². The van der Waals surface area contributed by atoms with E-state index in [-0.39, 0.29) is 26.3 Å². The number of aliphatic hydroxyl groups excluding tert-OH is 5. The van der Waals surface area contributed by atoms with Crippen molar-refractivity contribution in [1.82, 2.24) is 5.32 Å². The molecule has 5 rings (SSSR count). The maximum atomic E-state index is 10.4. The number of hydrogen-bond acceptors (Lipinski definition) is 11. The minimum atomic E-state index is -1.72. The van der Waals surface area contributed by atoms with Gasteiger partial charge in [0.1, 0.15) is 62.0 Å². The lowest BCUT2D eigenvalue weighted by atomic mass is 9.96. The van der Waals surface area contributed by atoms with Crippen LogP contribution in [0.5, 0.6) is 28.7 Å². The lowest BCUT2D eigenvalue weighted by Gasteiger charge is -2.26. The molecule has 0 spiro atoms. The zero-order chi connectivity index (χ0) is 34.9. The number of methoxy groups -OCH3 is 1. The van der Waals surface area contributed by atoms with E-state index in [1.807, 2.05) is 61.5 Å². The van der Waals surface area contributed by atoms with Gasteiger partial charge >= 0.3 is 0 Å². The molecule has 0 amide bonds. The maximum absolute atomic E-state index is 10.4. The van der Waals surface area contributed by atoms with E-state index in [4.69, 9.17) is 40.4 Å². The predicted octanol–water partition coefficient (Wildman–Crippen LogP) is 3.78. The topological polar surface area (TPSA) is 159 Å². The summed E-state index contributed by atoms with van der Waals surface area (Å²) in [6.07, 6.45) is -6.43. The van der Waals surface area contributed by atoms with Crippen molar-refractivity contribution in [1.29, 1.82) is 0 Å². The predicted molar refractivity (Wildman–Crippen MR) is 184 cm³/mol. The molecule has 0 radical (unpaired) electrons. The van der Waals surface area contributed by atoms with Gasteiger partial charge in [0.05, 0.1) is 24.8 Å². The summed E-state index contributed by atoms with van der Waals surface area (Å²) in [5, 5.41) is 52.5. The zero-order valence-corrected chi connectivity index (χ0v) is 28.1. The van der Waals surface area contributed by atoms with Gasteiger partial charge in [0.25, 0.3) is 0 Å². The fourth-order valence-corrected chi connectivity index (χ4v) is 5.68.